The molecule has 8 nitrogen and oxygen atoms in total. The van der Waals surface area contributed by atoms with E-state index in [0.29, 0.717) is 27.6 Å². The molecule has 3 rings (SSSR count). The summed E-state index contributed by atoms with van der Waals surface area (Å²) < 4.78 is 23.7. The lowest BCUT2D eigenvalue weighted by molar-refractivity contribution is -0.143. The summed E-state index contributed by atoms with van der Waals surface area (Å²) in [6, 6.07) is 12.5. The number of hydrogen-bond acceptors (Lipinski definition) is 7. The average molecular weight is 430 g/mol. The van der Waals surface area contributed by atoms with Crippen LogP contribution in [-0.4, -0.2) is 43.9 Å². The van der Waals surface area contributed by atoms with Crippen LogP contribution in [0.1, 0.15) is 6.92 Å². The van der Waals surface area contributed by atoms with Crippen molar-refractivity contribution in [1.82, 2.24) is 4.57 Å². The number of ether oxygens (including phenoxy) is 4. The van der Waals surface area contributed by atoms with Crippen LogP contribution in [0.15, 0.2) is 47.5 Å². The maximum Gasteiger partial charge on any atom is 0.326 e. The van der Waals surface area contributed by atoms with Gasteiger partial charge < -0.3 is 23.5 Å². The fourth-order valence-corrected chi connectivity index (χ4v) is 3.83. The van der Waals surface area contributed by atoms with Gasteiger partial charge in [-0.3, -0.25) is 9.59 Å². The van der Waals surface area contributed by atoms with E-state index in [1.807, 2.05) is 18.2 Å². The number of para-hydroxylation sites is 1. The predicted molar refractivity (Wildman–Crippen MR) is 112 cm³/mol. The molecule has 0 aliphatic rings. The SMILES string of the molecule is CCOC(=O)Cn1c(=NC(=O)COc2ccccc2)sc2cc(OC)c(OC)cc21. The second-order valence-electron chi connectivity index (χ2n) is 6.06. The van der Waals surface area contributed by atoms with Crippen molar-refractivity contribution in [3.8, 4) is 17.2 Å². The van der Waals surface area contributed by atoms with Crippen molar-refractivity contribution in [3.63, 3.8) is 0 Å². The smallest absolute Gasteiger partial charge is 0.326 e. The van der Waals surface area contributed by atoms with E-state index in [-0.39, 0.29) is 19.8 Å². The van der Waals surface area contributed by atoms with E-state index in [4.69, 9.17) is 18.9 Å². The Morgan fingerprint density at radius 1 is 1.07 bits per heavy atom. The van der Waals surface area contributed by atoms with E-state index in [1.54, 1.807) is 42.9 Å². The highest BCUT2D eigenvalue weighted by atomic mass is 32.1. The Balaban J connectivity index is 1.99. The van der Waals surface area contributed by atoms with Gasteiger partial charge in [0.25, 0.3) is 5.91 Å². The number of rotatable bonds is 8. The fourth-order valence-electron chi connectivity index (χ4n) is 2.77. The average Bonchev–Trinajstić information content (AvgIpc) is 3.07. The number of benzene rings is 2. The van der Waals surface area contributed by atoms with E-state index < -0.39 is 11.9 Å². The highest BCUT2D eigenvalue weighted by Crippen LogP contribution is 2.33. The van der Waals surface area contributed by atoms with Gasteiger partial charge in [0, 0.05) is 12.1 Å². The molecule has 0 saturated heterocycles. The van der Waals surface area contributed by atoms with Crippen LogP contribution in [0, 0.1) is 0 Å². The summed E-state index contributed by atoms with van der Waals surface area (Å²) in [5.41, 5.74) is 0.682. The standard InChI is InChI=1S/C21H22N2O6S/c1-4-28-20(25)12-23-15-10-16(26-2)17(27-3)11-18(15)30-21(23)22-19(24)13-29-14-8-6-5-7-9-14/h5-11H,4,12-13H2,1-3H3. The number of fused-ring (bicyclic) bond motifs is 1. The zero-order valence-corrected chi connectivity index (χ0v) is 17.7. The van der Waals surface area contributed by atoms with Crippen molar-refractivity contribution < 1.29 is 28.5 Å². The quantitative estimate of drug-likeness (QED) is 0.511. The van der Waals surface area contributed by atoms with Gasteiger partial charge in [0.2, 0.25) is 0 Å². The largest absolute Gasteiger partial charge is 0.493 e. The molecule has 2 aromatic carbocycles. The van der Waals surface area contributed by atoms with Crippen LogP contribution in [0.2, 0.25) is 0 Å². The molecule has 0 bridgehead atoms. The number of nitrogens with zero attached hydrogens (tertiary/aromatic N) is 2. The molecule has 0 radical (unpaired) electrons. The third-order valence-corrected chi connectivity index (χ3v) is 5.15. The molecule has 1 amide bonds. The van der Waals surface area contributed by atoms with E-state index in [0.717, 1.165) is 4.70 Å². The first-order valence-electron chi connectivity index (χ1n) is 9.22. The van der Waals surface area contributed by atoms with Crippen LogP contribution < -0.4 is 19.0 Å². The number of aromatic nitrogens is 1. The second-order valence-corrected chi connectivity index (χ2v) is 7.07. The monoisotopic (exact) mass is 430 g/mol. The summed E-state index contributed by atoms with van der Waals surface area (Å²) in [6.07, 6.45) is 0. The van der Waals surface area contributed by atoms with Crippen molar-refractivity contribution in [1.29, 1.82) is 0 Å². The lowest BCUT2D eigenvalue weighted by atomic mass is 10.3. The summed E-state index contributed by atoms with van der Waals surface area (Å²) in [7, 11) is 3.07. The molecule has 9 heteroatoms. The highest BCUT2D eigenvalue weighted by Gasteiger charge is 2.16. The third-order valence-electron chi connectivity index (χ3n) is 4.11. The summed E-state index contributed by atoms with van der Waals surface area (Å²) >= 11 is 1.26. The van der Waals surface area contributed by atoms with Crippen molar-refractivity contribution in [2.24, 2.45) is 4.99 Å². The van der Waals surface area contributed by atoms with Crippen molar-refractivity contribution >= 4 is 33.4 Å². The maximum absolute atomic E-state index is 12.4. The second kappa shape index (κ2) is 9.93. The van der Waals surface area contributed by atoms with E-state index in [9.17, 15) is 9.59 Å². The van der Waals surface area contributed by atoms with Crippen LogP contribution >= 0.6 is 11.3 Å². The zero-order chi connectivity index (χ0) is 21.5. The minimum atomic E-state index is -0.470. The van der Waals surface area contributed by atoms with E-state index in [1.165, 1.54) is 18.4 Å². The highest BCUT2D eigenvalue weighted by molar-refractivity contribution is 7.16. The minimum Gasteiger partial charge on any atom is -0.493 e. The Morgan fingerprint density at radius 2 is 1.77 bits per heavy atom. The molecule has 0 saturated carbocycles. The molecule has 0 aliphatic carbocycles. The number of carbonyl (C=O) groups is 2. The van der Waals surface area contributed by atoms with Gasteiger partial charge in [-0.2, -0.15) is 4.99 Å². The van der Waals surface area contributed by atoms with Gasteiger partial charge in [-0.1, -0.05) is 29.5 Å². The van der Waals surface area contributed by atoms with Gasteiger partial charge in [-0.05, 0) is 19.1 Å². The van der Waals surface area contributed by atoms with E-state index in [2.05, 4.69) is 4.99 Å². The van der Waals surface area contributed by atoms with Gasteiger partial charge in [-0.15, -0.1) is 0 Å². The normalized spacial score (nSPS) is 11.4. The molecular formula is C21H22N2O6S. The molecule has 0 atom stereocenters. The number of carbonyl (C=O) groups excluding carboxylic acids is 2. The molecule has 1 aromatic heterocycles. The van der Waals surface area contributed by atoms with Crippen molar-refractivity contribution in [2.75, 3.05) is 27.4 Å². The number of amides is 1. The first-order chi connectivity index (χ1) is 14.5. The zero-order valence-electron chi connectivity index (χ0n) is 16.9. The summed E-state index contributed by atoms with van der Waals surface area (Å²) in [5, 5.41) is 0. The van der Waals surface area contributed by atoms with Gasteiger partial charge in [0.15, 0.2) is 22.9 Å². The Bertz CT molecular complexity index is 1100. The molecule has 0 fully saturated rings. The maximum atomic E-state index is 12.4. The molecule has 158 valence electrons. The summed E-state index contributed by atoms with van der Waals surface area (Å²) in [5.74, 6) is 0.722. The number of thiazole rings is 1. The summed E-state index contributed by atoms with van der Waals surface area (Å²) in [4.78, 5) is 29.1. The molecular weight excluding hydrogens is 408 g/mol. The molecule has 0 unspecified atom stereocenters. The lowest BCUT2D eigenvalue weighted by Gasteiger charge is -2.09. The lowest BCUT2D eigenvalue weighted by Crippen LogP contribution is -2.24. The molecule has 1 heterocycles. The molecule has 3 aromatic rings. The van der Waals surface area contributed by atoms with Crippen LogP contribution in [0.5, 0.6) is 17.2 Å². The number of hydrogen-bond donors (Lipinski definition) is 0. The van der Waals surface area contributed by atoms with Crippen molar-refractivity contribution in [3.05, 3.63) is 47.3 Å². The van der Waals surface area contributed by atoms with Gasteiger partial charge in [-0.25, -0.2) is 0 Å². The Labute approximate surface area is 177 Å². The third kappa shape index (κ3) is 4.98. The van der Waals surface area contributed by atoms with Crippen LogP contribution in [0.3, 0.4) is 0 Å². The van der Waals surface area contributed by atoms with Gasteiger partial charge in [0.1, 0.15) is 12.3 Å². The summed E-state index contributed by atoms with van der Waals surface area (Å²) in [6.45, 7) is 1.69. The fraction of sp³-hybridized carbons (Fsp3) is 0.286. The van der Waals surface area contributed by atoms with Crippen LogP contribution in [0.25, 0.3) is 10.2 Å². The number of methoxy groups -OCH3 is 2. The van der Waals surface area contributed by atoms with Crippen molar-refractivity contribution in [2.45, 2.75) is 13.5 Å². The van der Waals surface area contributed by atoms with Crippen LogP contribution in [-0.2, 0) is 20.9 Å². The van der Waals surface area contributed by atoms with Gasteiger partial charge >= 0.3 is 5.97 Å². The molecule has 0 aliphatic heterocycles. The first-order valence-corrected chi connectivity index (χ1v) is 10.0. The Kier molecular flexibility index (Phi) is 7.08. The van der Waals surface area contributed by atoms with E-state index >= 15 is 0 Å². The Morgan fingerprint density at radius 3 is 2.43 bits per heavy atom. The number of esters is 1. The Hall–Kier alpha value is -3.33. The van der Waals surface area contributed by atoms with Crippen LogP contribution in [0.4, 0.5) is 0 Å². The molecule has 0 spiro atoms. The first kappa shape index (κ1) is 21.4. The predicted octanol–water partition coefficient (Wildman–Crippen LogP) is 2.79. The molecule has 30 heavy (non-hydrogen) atoms. The molecule has 0 N–H and O–H groups in total. The topological polar surface area (TPSA) is 88.4 Å². The minimum absolute atomic E-state index is 0.0883. The van der Waals surface area contributed by atoms with Gasteiger partial charge in [0.05, 0.1) is 31.0 Å².